The molecule has 0 atom stereocenters. The van der Waals surface area contributed by atoms with E-state index in [-0.39, 0.29) is 5.91 Å². The number of likely N-dealkylation sites (tertiary alicyclic amines) is 1. The van der Waals surface area contributed by atoms with Gasteiger partial charge in [-0.1, -0.05) is 6.08 Å². The van der Waals surface area contributed by atoms with Crippen molar-refractivity contribution in [2.45, 2.75) is 19.3 Å². The molecule has 1 fully saturated rings. The lowest BCUT2D eigenvalue weighted by Crippen LogP contribution is -2.34. The van der Waals surface area contributed by atoms with Gasteiger partial charge in [-0.05, 0) is 33.4 Å². The maximum atomic E-state index is 11.6. The normalized spacial score (nSPS) is 18.1. The maximum Gasteiger partial charge on any atom is 0.246 e. The second kappa shape index (κ2) is 5.81. The molecule has 0 aliphatic carbocycles. The molecule has 1 saturated heterocycles. The van der Waals surface area contributed by atoms with Crippen molar-refractivity contribution in [2.75, 3.05) is 33.7 Å². The van der Waals surface area contributed by atoms with Crippen molar-refractivity contribution >= 4 is 5.91 Å². The Morgan fingerprint density at radius 3 is 2.50 bits per heavy atom. The fraction of sp³-hybridized carbons (Fsp3) is 0.727. The van der Waals surface area contributed by atoms with Gasteiger partial charge in [0, 0.05) is 25.7 Å². The number of piperidine rings is 1. The van der Waals surface area contributed by atoms with E-state index in [1.807, 2.05) is 30.0 Å². The molecule has 0 aromatic rings. The smallest absolute Gasteiger partial charge is 0.246 e. The quantitative estimate of drug-likeness (QED) is 0.631. The van der Waals surface area contributed by atoms with Gasteiger partial charge in [-0.3, -0.25) is 4.79 Å². The van der Waals surface area contributed by atoms with Crippen LogP contribution >= 0.6 is 0 Å². The topological polar surface area (TPSA) is 23.6 Å². The Morgan fingerprint density at radius 1 is 1.29 bits per heavy atom. The van der Waals surface area contributed by atoms with Gasteiger partial charge in [0.1, 0.15) is 0 Å². The number of amides is 1. The van der Waals surface area contributed by atoms with E-state index in [0.29, 0.717) is 0 Å². The van der Waals surface area contributed by atoms with Crippen molar-refractivity contribution < 1.29 is 4.79 Å². The molecule has 1 heterocycles. The van der Waals surface area contributed by atoms with Crippen LogP contribution in [0.15, 0.2) is 12.2 Å². The molecule has 0 saturated carbocycles. The summed E-state index contributed by atoms with van der Waals surface area (Å²) in [6, 6.07) is 0. The summed E-state index contributed by atoms with van der Waals surface area (Å²) in [5.41, 5.74) is 0. The Hall–Kier alpha value is -0.830. The Labute approximate surface area is 86.4 Å². The first kappa shape index (κ1) is 11.2. The monoisotopic (exact) mass is 196 g/mol. The molecule has 0 aromatic carbocycles. The van der Waals surface area contributed by atoms with Crippen LogP contribution in [0, 0.1) is 0 Å². The molecule has 0 aromatic heterocycles. The molecule has 0 spiro atoms. The average molecular weight is 196 g/mol. The lowest BCUT2D eigenvalue weighted by atomic mass is 10.1. The number of carbonyl (C=O) groups excluding carboxylic acids is 1. The molecular formula is C11H20N2O. The standard InChI is InChI=1S/C11H20N2O/c1-12(2)8-6-7-11(14)13-9-4-3-5-10-13/h6-7H,3-5,8-10H2,1-2H3/b7-6+. The highest BCUT2D eigenvalue weighted by Gasteiger charge is 2.13. The summed E-state index contributed by atoms with van der Waals surface area (Å²) in [7, 11) is 3.99. The zero-order valence-corrected chi connectivity index (χ0v) is 9.20. The minimum absolute atomic E-state index is 0.173. The van der Waals surface area contributed by atoms with E-state index < -0.39 is 0 Å². The van der Waals surface area contributed by atoms with E-state index in [1.165, 1.54) is 6.42 Å². The van der Waals surface area contributed by atoms with Crippen molar-refractivity contribution in [3.05, 3.63) is 12.2 Å². The average Bonchev–Trinajstić information content (AvgIpc) is 2.18. The van der Waals surface area contributed by atoms with Gasteiger partial charge in [-0.15, -0.1) is 0 Å². The summed E-state index contributed by atoms with van der Waals surface area (Å²) in [5, 5.41) is 0. The molecule has 0 bridgehead atoms. The van der Waals surface area contributed by atoms with E-state index in [4.69, 9.17) is 0 Å². The Morgan fingerprint density at radius 2 is 1.93 bits per heavy atom. The summed E-state index contributed by atoms with van der Waals surface area (Å²) < 4.78 is 0. The van der Waals surface area contributed by atoms with Crippen LogP contribution < -0.4 is 0 Å². The molecule has 0 unspecified atom stereocenters. The van der Waals surface area contributed by atoms with Crippen LogP contribution in [0.4, 0.5) is 0 Å². The highest BCUT2D eigenvalue weighted by atomic mass is 16.2. The number of likely N-dealkylation sites (N-methyl/N-ethyl adjacent to an activating group) is 1. The van der Waals surface area contributed by atoms with Crippen LogP contribution in [0.3, 0.4) is 0 Å². The van der Waals surface area contributed by atoms with Gasteiger partial charge in [0.25, 0.3) is 0 Å². The predicted molar refractivity (Wildman–Crippen MR) is 58.1 cm³/mol. The minimum Gasteiger partial charge on any atom is -0.339 e. The summed E-state index contributed by atoms with van der Waals surface area (Å²) in [5.74, 6) is 0.173. The van der Waals surface area contributed by atoms with Gasteiger partial charge in [0.05, 0.1) is 0 Å². The van der Waals surface area contributed by atoms with Crippen LogP contribution in [0.5, 0.6) is 0 Å². The first-order valence-electron chi connectivity index (χ1n) is 5.30. The fourth-order valence-corrected chi connectivity index (χ4v) is 1.58. The molecule has 1 rings (SSSR count). The molecule has 1 aliphatic heterocycles. The third-order valence-electron chi connectivity index (χ3n) is 2.40. The molecule has 3 heteroatoms. The summed E-state index contributed by atoms with van der Waals surface area (Å²) in [4.78, 5) is 15.6. The molecule has 0 N–H and O–H groups in total. The van der Waals surface area contributed by atoms with Gasteiger partial charge in [-0.2, -0.15) is 0 Å². The highest BCUT2D eigenvalue weighted by Crippen LogP contribution is 2.08. The fourth-order valence-electron chi connectivity index (χ4n) is 1.58. The zero-order chi connectivity index (χ0) is 10.4. The lowest BCUT2D eigenvalue weighted by molar-refractivity contribution is -0.126. The Kier molecular flexibility index (Phi) is 4.66. The van der Waals surface area contributed by atoms with Crippen LogP contribution in [-0.2, 0) is 4.79 Å². The largest absolute Gasteiger partial charge is 0.339 e. The van der Waals surface area contributed by atoms with Gasteiger partial charge < -0.3 is 9.80 Å². The molecule has 14 heavy (non-hydrogen) atoms. The van der Waals surface area contributed by atoms with Gasteiger partial charge in [-0.25, -0.2) is 0 Å². The first-order valence-corrected chi connectivity index (χ1v) is 5.30. The number of hydrogen-bond acceptors (Lipinski definition) is 2. The predicted octanol–water partition coefficient (Wildman–Crippen LogP) is 1.12. The second-order valence-electron chi connectivity index (χ2n) is 4.05. The number of rotatable bonds is 3. The second-order valence-corrected chi connectivity index (χ2v) is 4.05. The van der Waals surface area contributed by atoms with Crippen LogP contribution in [0.2, 0.25) is 0 Å². The SMILES string of the molecule is CN(C)C/C=C/C(=O)N1CCCCC1. The summed E-state index contributed by atoms with van der Waals surface area (Å²) >= 11 is 0. The highest BCUT2D eigenvalue weighted by molar-refractivity contribution is 5.87. The van der Waals surface area contributed by atoms with Gasteiger partial charge >= 0.3 is 0 Å². The molecule has 1 amide bonds. The molecule has 80 valence electrons. The number of nitrogens with zero attached hydrogens (tertiary/aromatic N) is 2. The Bertz CT molecular complexity index is 205. The molecule has 3 nitrogen and oxygen atoms in total. The maximum absolute atomic E-state index is 11.6. The summed E-state index contributed by atoms with van der Waals surface area (Å²) in [6.07, 6.45) is 7.22. The first-order chi connectivity index (χ1) is 6.70. The van der Waals surface area contributed by atoms with E-state index in [0.717, 1.165) is 32.5 Å². The van der Waals surface area contributed by atoms with Crippen molar-refractivity contribution in [3.63, 3.8) is 0 Å². The van der Waals surface area contributed by atoms with Crippen LogP contribution in [0.25, 0.3) is 0 Å². The van der Waals surface area contributed by atoms with Gasteiger partial charge in [0.15, 0.2) is 0 Å². The van der Waals surface area contributed by atoms with Crippen LogP contribution in [-0.4, -0.2) is 49.4 Å². The molecule has 0 radical (unpaired) electrons. The van der Waals surface area contributed by atoms with E-state index >= 15 is 0 Å². The van der Waals surface area contributed by atoms with Crippen molar-refractivity contribution in [3.8, 4) is 0 Å². The minimum atomic E-state index is 0.173. The Balaban J connectivity index is 2.29. The third kappa shape index (κ3) is 3.92. The number of carbonyl (C=O) groups is 1. The van der Waals surface area contributed by atoms with E-state index in [1.54, 1.807) is 6.08 Å². The van der Waals surface area contributed by atoms with E-state index in [9.17, 15) is 4.79 Å². The molecule has 1 aliphatic rings. The van der Waals surface area contributed by atoms with Gasteiger partial charge in [0.2, 0.25) is 5.91 Å². The van der Waals surface area contributed by atoms with E-state index in [2.05, 4.69) is 0 Å². The zero-order valence-electron chi connectivity index (χ0n) is 9.20. The van der Waals surface area contributed by atoms with Crippen molar-refractivity contribution in [2.24, 2.45) is 0 Å². The third-order valence-corrected chi connectivity index (χ3v) is 2.40. The summed E-state index contributed by atoms with van der Waals surface area (Å²) in [6.45, 7) is 2.70. The van der Waals surface area contributed by atoms with Crippen molar-refractivity contribution in [1.29, 1.82) is 0 Å². The van der Waals surface area contributed by atoms with Crippen LogP contribution in [0.1, 0.15) is 19.3 Å². The van der Waals surface area contributed by atoms with Crippen molar-refractivity contribution in [1.82, 2.24) is 9.80 Å². The molecular weight excluding hydrogens is 176 g/mol. The number of hydrogen-bond donors (Lipinski definition) is 0. The lowest BCUT2D eigenvalue weighted by Gasteiger charge is -2.25.